The molecular formula is C27H49N. The smallest absolute Gasteiger partial charge is 0.00418 e. The van der Waals surface area contributed by atoms with Crippen molar-refractivity contribution in [3.05, 3.63) is 0 Å². The molecule has 0 bridgehead atoms. The monoisotopic (exact) mass is 387 g/mol. The van der Waals surface area contributed by atoms with Crippen molar-refractivity contribution in [3.63, 3.8) is 0 Å². The van der Waals surface area contributed by atoms with Crippen LogP contribution in [0.4, 0.5) is 0 Å². The topological polar surface area (TPSA) is 26.0 Å². The van der Waals surface area contributed by atoms with Crippen molar-refractivity contribution in [2.45, 2.75) is 118 Å². The number of hydrogen-bond acceptors (Lipinski definition) is 1. The highest BCUT2D eigenvalue weighted by atomic mass is 14.7. The van der Waals surface area contributed by atoms with Crippen LogP contribution in [0.2, 0.25) is 0 Å². The van der Waals surface area contributed by atoms with Gasteiger partial charge in [-0.1, -0.05) is 53.9 Å². The van der Waals surface area contributed by atoms with Crippen LogP contribution in [0.15, 0.2) is 0 Å². The summed E-state index contributed by atoms with van der Waals surface area (Å²) in [4.78, 5) is 0. The Kier molecular flexibility index (Phi) is 5.98. The van der Waals surface area contributed by atoms with Crippen molar-refractivity contribution >= 4 is 0 Å². The van der Waals surface area contributed by atoms with Crippen LogP contribution in [0.3, 0.4) is 0 Å². The van der Waals surface area contributed by atoms with Crippen molar-refractivity contribution in [2.24, 2.45) is 58.0 Å². The maximum atomic E-state index is 6.39. The van der Waals surface area contributed by atoms with E-state index in [4.69, 9.17) is 5.73 Å². The quantitative estimate of drug-likeness (QED) is 0.521. The lowest BCUT2D eigenvalue weighted by molar-refractivity contribution is -0.116. The largest absolute Gasteiger partial charge is 0.328 e. The molecule has 28 heavy (non-hydrogen) atoms. The van der Waals surface area contributed by atoms with Gasteiger partial charge in [0.05, 0.1) is 0 Å². The Hall–Kier alpha value is -0.0400. The molecule has 0 aliphatic heterocycles. The molecule has 0 aromatic carbocycles. The third kappa shape index (κ3) is 3.50. The van der Waals surface area contributed by atoms with Gasteiger partial charge >= 0.3 is 0 Å². The van der Waals surface area contributed by atoms with Crippen LogP contribution >= 0.6 is 0 Å². The minimum Gasteiger partial charge on any atom is -0.328 e. The van der Waals surface area contributed by atoms with Crippen LogP contribution < -0.4 is 5.73 Å². The second-order valence-corrected chi connectivity index (χ2v) is 12.7. The van der Waals surface area contributed by atoms with Gasteiger partial charge in [0.25, 0.3) is 0 Å². The number of fused-ring (bicyclic) bond motifs is 5. The fourth-order valence-electron chi connectivity index (χ4n) is 9.32. The van der Waals surface area contributed by atoms with Gasteiger partial charge < -0.3 is 5.73 Å². The molecule has 162 valence electrons. The predicted octanol–water partition coefficient (Wildman–Crippen LogP) is 7.44. The van der Waals surface area contributed by atoms with E-state index in [-0.39, 0.29) is 0 Å². The highest BCUT2D eigenvalue weighted by Crippen LogP contribution is 2.68. The average molecular weight is 388 g/mol. The van der Waals surface area contributed by atoms with E-state index in [0.29, 0.717) is 16.9 Å². The summed E-state index contributed by atoms with van der Waals surface area (Å²) in [6.45, 7) is 12.8. The van der Waals surface area contributed by atoms with Crippen LogP contribution in [-0.4, -0.2) is 6.04 Å². The fraction of sp³-hybridized carbons (Fsp3) is 1.00. The molecule has 4 aliphatic rings. The van der Waals surface area contributed by atoms with E-state index in [9.17, 15) is 0 Å². The zero-order valence-corrected chi connectivity index (χ0v) is 19.7. The van der Waals surface area contributed by atoms with Gasteiger partial charge in [0.1, 0.15) is 0 Å². The normalized spacial score (nSPS) is 49.4. The molecule has 0 amide bonds. The van der Waals surface area contributed by atoms with Crippen molar-refractivity contribution in [3.8, 4) is 0 Å². The van der Waals surface area contributed by atoms with Crippen molar-refractivity contribution in [1.82, 2.24) is 0 Å². The Morgan fingerprint density at radius 1 is 0.821 bits per heavy atom. The van der Waals surface area contributed by atoms with Gasteiger partial charge in [-0.05, 0) is 110 Å². The second-order valence-electron chi connectivity index (χ2n) is 12.7. The van der Waals surface area contributed by atoms with E-state index in [1.807, 2.05) is 0 Å². The first-order valence-corrected chi connectivity index (χ1v) is 13.0. The van der Waals surface area contributed by atoms with Crippen LogP contribution in [0.25, 0.3) is 0 Å². The van der Waals surface area contributed by atoms with Crippen molar-refractivity contribution in [1.29, 1.82) is 0 Å². The van der Waals surface area contributed by atoms with E-state index < -0.39 is 0 Å². The molecule has 0 spiro atoms. The van der Waals surface area contributed by atoms with Crippen LogP contribution in [0, 0.1) is 52.3 Å². The summed E-state index contributed by atoms with van der Waals surface area (Å²) in [7, 11) is 0. The molecule has 4 aliphatic carbocycles. The molecule has 1 heteroatoms. The predicted molar refractivity (Wildman–Crippen MR) is 121 cm³/mol. The molecule has 4 saturated carbocycles. The van der Waals surface area contributed by atoms with E-state index in [2.05, 4.69) is 34.6 Å². The average Bonchev–Trinajstić information content (AvgIpc) is 2.99. The zero-order chi connectivity index (χ0) is 20.1. The summed E-state index contributed by atoms with van der Waals surface area (Å²) >= 11 is 0. The van der Waals surface area contributed by atoms with Crippen LogP contribution in [0.5, 0.6) is 0 Å². The number of hydrogen-bond donors (Lipinski definition) is 1. The van der Waals surface area contributed by atoms with E-state index >= 15 is 0 Å². The van der Waals surface area contributed by atoms with Gasteiger partial charge in [0.2, 0.25) is 0 Å². The first kappa shape index (κ1) is 21.2. The van der Waals surface area contributed by atoms with E-state index in [1.54, 1.807) is 0 Å². The highest BCUT2D eigenvalue weighted by Gasteiger charge is 2.60. The molecule has 0 radical (unpaired) electrons. The molecule has 0 aromatic heterocycles. The number of rotatable bonds is 5. The molecule has 4 fully saturated rings. The standard InChI is InChI=1S/C27H49N/c1-18(2)7-6-8-19(3)23-11-12-24-22-10-9-20-17-21(28)13-15-26(20,4)25(22)14-16-27(23,24)5/h18-25H,6-17,28H2,1-5H3/t19-,20?,21-,22+,23-,24+,25+,26+,27-/m1/s1. The summed E-state index contributed by atoms with van der Waals surface area (Å²) in [6, 6.07) is 0.492. The summed E-state index contributed by atoms with van der Waals surface area (Å²) in [5.41, 5.74) is 7.64. The fourth-order valence-corrected chi connectivity index (χ4v) is 9.32. The third-order valence-electron chi connectivity index (χ3n) is 10.9. The molecule has 0 aromatic rings. The minimum absolute atomic E-state index is 0.492. The molecule has 1 nitrogen and oxygen atoms in total. The first-order chi connectivity index (χ1) is 13.3. The highest BCUT2D eigenvalue weighted by molar-refractivity contribution is 5.09. The van der Waals surface area contributed by atoms with Crippen molar-refractivity contribution in [2.75, 3.05) is 0 Å². The Balaban J connectivity index is 1.46. The molecule has 2 N–H and O–H groups in total. The molecule has 4 rings (SSSR count). The Bertz CT molecular complexity index is 540. The van der Waals surface area contributed by atoms with Crippen LogP contribution in [0.1, 0.15) is 112 Å². The molecule has 9 atom stereocenters. The van der Waals surface area contributed by atoms with Crippen molar-refractivity contribution < 1.29 is 0 Å². The minimum atomic E-state index is 0.492. The first-order valence-electron chi connectivity index (χ1n) is 13.0. The molecule has 0 saturated heterocycles. The molecular weight excluding hydrogens is 338 g/mol. The summed E-state index contributed by atoms with van der Waals surface area (Å²) in [5.74, 6) is 6.79. The van der Waals surface area contributed by atoms with E-state index in [0.717, 1.165) is 41.4 Å². The zero-order valence-electron chi connectivity index (χ0n) is 19.7. The van der Waals surface area contributed by atoms with Gasteiger partial charge in [-0.3, -0.25) is 0 Å². The maximum Gasteiger partial charge on any atom is 0.00418 e. The van der Waals surface area contributed by atoms with Gasteiger partial charge in [-0.25, -0.2) is 0 Å². The van der Waals surface area contributed by atoms with Gasteiger partial charge in [-0.15, -0.1) is 0 Å². The second kappa shape index (κ2) is 7.90. The summed E-state index contributed by atoms with van der Waals surface area (Å²) in [5, 5.41) is 0. The van der Waals surface area contributed by atoms with Gasteiger partial charge in [0, 0.05) is 6.04 Å². The Labute approximate surface area is 176 Å². The third-order valence-corrected chi connectivity index (χ3v) is 10.9. The summed E-state index contributed by atoms with van der Waals surface area (Å²) in [6.07, 6.45) is 17.5. The Morgan fingerprint density at radius 2 is 1.54 bits per heavy atom. The van der Waals surface area contributed by atoms with Gasteiger partial charge in [-0.2, -0.15) is 0 Å². The lowest BCUT2D eigenvalue weighted by Crippen LogP contribution is -2.54. The Morgan fingerprint density at radius 3 is 2.29 bits per heavy atom. The SMILES string of the molecule is CC(C)CCC[C@@H](C)[C@H]1CC[C@H]2[C@@H]3CCC4C[C@H](N)CC[C@]4(C)[C@H]3CC[C@]12C. The van der Waals surface area contributed by atoms with E-state index in [1.165, 1.54) is 77.0 Å². The van der Waals surface area contributed by atoms with Gasteiger partial charge in [0.15, 0.2) is 0 Å². The summed E-state index contributed by atoms with van der Waals surface area (Å²) < 4.78 is 0. The number of nitrogens with two attached hydrogens (primary N) is 1. The lowest BCUT2D eigenvalue weighted by Gasteiger charge is -2.61. The van der Waals surface area contributed by atoms with Crippen LogP contribution in [-0.2, 0) is 0 Å². The maximum absolute atomic E-state index is 6.39. The molecule has 1 unspecified atom stereocenters. The molecule has 0 heterocycles. The lowest BCUT2D eigenvalue weighted by atomic mass is 9.44.